The lowest BCUT2D eigenvalue weighted by molar-refractivity contribution is -0.196. The molecule has 5 rings (SSSR count). The molecule has 0 radical (unpaired) electrons. The molecule has 5 heterocycles. The lowest BCUT2D eigenvalue weighted by Crippen LogP contribution is -2.64. The molecule has 1 aromatic rings. The molecule has 16 heteroatoms. The van der Waals surface area contributed by atoms with Crippen LogP contribution in [0.1, 0.15) is 31.5 Å². The number of nitrogens with zero attached hydrogens (tertiary/aromatic N) is 5. The zero-order chi connectivity index (χ0) is 27.5. The fourth-order valence-electron chi connectivity index (χ4n) is 5.86. The number of halogens is 3. The molecule has 1 aromatic heterocycles. The van der Waals surface area contributed by atoms with Crippen molar-refractivity contribution in [2.24, 2.45) is 17.6 Å². The number of likely N-dealkylation sites (tertiary alicyclic amines) is 1. The van der Waals surface area contributed by atoms with Gasteiger partial charge in [0.1, 0.15) is 17.3 Å². The van der Waals surface area contributed by atoms with Gasteiger partial charge < -0.3 is 31.1 Å². The van der Waals surface area contributed by atoms with Crippen LogP contribution < -0.4 is 11.1 Å². The summed E-state index contributed by atoms with van der Waals surface area (Å²) in [5, 5.41) is 29.2. The van der Waals surface area contributed by atoms with Crippen LogP contribution in [0, 0.1) is 11.8 Å². The van der Waals surface area contributed by atoms with E-state index in [9.17, 15) is 37.8 Å². The molecule has 3 fully saturated rings. The van der Waals surface area contributed by atoms with E-state index in [1.54, 1.807) is 4.90 Å². The summed E-state index contributed by atoms with van der Waals surface area (Å²) in [6, 6.07) is -3.02. The Kier molecular flexibility index (Phi) is 6.94. The summed E-state index contributed by atoms with van der Waals surface area (Å²) in [7, 11) is 0. The highest BCUT2D eigenvalue weighted by molar-refractivity contribution is 8.03. The molecular formula is C22H28F3N7O5S. The molecule has 12 nitrogen and oxygen atoms in total. The third-order valence-electron chi connectivity index (χ3n) is 7.72. The number of carbonyl (C=O) groups is 3. The van der Waals surface area contributed by atoms with E-state index in [1.807, 2.05) is 0 Å². The average Bonchev–Trinajstić information content (AvgIpc) is 3.63. The minimum Gasteiger partial charge on any atom is -0.477 e. The van der Waals surface area contributed by atoms with Crippen molar-refractivity contribution in [2.45, 2.75) is 62.0 Å². The van der Waals surface area contributed by atoms with Crippen LogP contribution in [0.3, 0.4) is 0 Å². The normalized spacial score (nSPS) is 32.1. The van der Waals surface area contributed by atoms with Crippen LogP contribution in [0.2, 0.25) is 0 Å². The van der Waals surface area contributed by atoms with Gasteiger partial charge in [0.25, 0.3) is 0 Å². The maximum Gasteiger partial charge on any atom is 0.398 e. The molecule has 7 atom stereocenters. The molecule has 208 valence electrons. The Hall–Kier alpha value is -2.69. The number of nitrogens with one attached hydrogen (secondary N) is 1. The third-order valence-corrected chi connectivity index (χ3v) is 9.11. The van der Waals surface area contributed by atoms with Gasteiger partial charge >= 0.3 is 12.1 Å². The first-order chi connectivity index (χ1) is 17.9. The number of carboxylic acid groups (broad SMARTS) is 1. The summed E-state index contributed by atoms with van der Waals surface area (Å²) in [5.74, 6) is -5.92. The molecule has 0 aromatic carbocycles. The van der Waals surface area contributed by atoms with Gasteiger partial charge in [-0.25, -0.2) is 9.48 Å². The standard InChI is InChI=1S/C22H28F3N7O5S/c1-9(31-7-11(8-33)28-29-31)14-16-15(22(23,24)25)18(17(21(36)37)32(16)20(14)35)38-12-4-13(27-5-12)19(34)30-3-2-10(26)6-30/h7,9-10,12-16,27,33H,2-6,8,26H2,1H3,(H,36,37)/t9-,10-,12?,13+,14-,15-,16+/m1/s1. The molecule has 4 aliphatic rings. The molecule has 3 saturated heterocycles. The number of alkyl halides is 3. The monoisotopic (exact) mass is 559 g/mol. The second kappa shape index (κ2) is 9.81. The molecule has 0 aliphatic carbocycles. The maximum atomic E-state index is 14.5. The van der Waals surface area contributed by atoms with Crippen LogP contribution in [0.4, 0.5) is 13.2 Å². The van der Waals surface area contributed by atoms with Gasteiger partial charge in [-0.05, 0) is 19.8 Å². The van der Waals surface area contributed by atoms with E-state index in [0.717, 1.165) is 16.7 Å². The Balaban J connectivity index is 1.39. The Morgan fingerprint density at radius 1 is 1.37 bits per heavy atom. The number of hydrogen-bond acceptors (Lipinski definition) is 9. The number of nitrogens with two attached hydrogens (primary N) is 1. The number of hydrogen-bond donors (Lipinski definition) is 4. The minimum absolute atomic E-state index is 0.106. The van der Waals surface area contributed by atoms with E-state index < -0.39 is 70.5 Å². The summed E-state index contributed by atoms with van der Waals surface area (Å²) in [6.07, 6.45) is -2.59. The predicted octanol–water partition coefficient (Wildman–Crippen LogP) is -0.330. The van der Waals surface area contributed by atoms with Crippen molar-refractivity contribution in [1.29, 1.82) is 0 Å². The number of thioether (sulfide) groups is 1. The zero-order valence-electron chi connectivity index (χ0n) is 20.3. The van der Waals surface area contributed by atoms with Crippen LogP contribution in [0.25, 0.3) is 0 Å². The van der Waals surface area contributed by atoms with E-state index >= 15 is 0 Å². The fraction of sp³-hybridized carbons (Fsp3) is 0.682. The van der Waals surface area contributed by atoms with E-state index in [0.29, 0.717) is 19.5 Å². The summed E-state index contributed by atoms with van der Waals surface area (Å²) in [4.78, 5) is 40.1. The molecule has 1 unspecified atom stereocenters. The van der Waals surface area contributed by atoms with Crippen LogP contribution in [-0.2, 0) is 21.0 Å². The number of aliphatic hydroxyl groups excluding tert-OH is 1. The number of carboxylic acids is 1. The number of fused-ring (bicyclic) bond motifs is 1. The Morgan fingerprint density at radius 2 is 2.11 bits per heavy atom. The Morgan fingerprint density at radius 3 is 2.68 bits per heavy atom. The van der Waals surface area contributed by atoms with Crippen molar-refractivity contribution >= 4 is 29.5 Å². The van der Waals surface area contributed by atoms with Crippen molar-refractivity contribution in [1.82, 2.24) is 30.1 Å². The van der Waals surface area contributed by atoms with Crippen molar-refractivity contribution < 1.29 is 37.8 Å². The summed E-state index contributed by atoms with van der Waals surface area (Å²) < 4.78 is 44.8. The average molecular weight is 560 g/mol. The molecular weight excluding hydrogens is 531 g/mol. The third kappa shape index (κ3) is 4.46. The van der Waals surface area contributed by atoms with E-state index in [1.165, 1.54) is 17.8 Å². The molecule has 5 N–H and O–H groups in total. The van der Waals surface area contributed by atoms with Crippen LogP contribution in [0.5, 0.6) is 0 Å². The minimum atomic E-state index is -4.83. The smallest absolute Gasteiger partial charge is 0.398 e. The van der Waals surface area contributed by atoms with Gasteiger partial charge in [0.2, 0.25) is 11.8 Å². The zero-order valence-corrected chi connectivity index (χ0v) is 21.2. The second-order valence-electron chi connectivity index (χ2n) is 10.1. The second-order valence-corrected chi connectivity index (χ2v) is 11.5. The van der Waals surface area contributed by atoms with Gasteiger partial charge in [-0.2, -0.15) is 13.2 Å². The Bertz CT molecular complexity index is 1180. The summed E-state index contributed by atoms with van der Waals surface area (Å²) in [6.45, 7) is 2.23. The molecule has 0 spiro atoms. The predicted molar refractivity (Wildman–Crippen MR) is 126 cm³/mol. The summed E-state index contributed by atoms with van der Waals surface area (Å²) in [5.41, 5.74) is 5.41. The molecule has 38 heavy (non-hydrogen) atoms. The molecule has 4 aliphatic heterocycles. The summed E-state index contributed by atoms with van der Waals surface area (Å²) >= 11 is 0.776. The number of aliphatic hydroxyl groups is 1. The highest BCUT2D eigenvalue weighted by atomic mass is 32.2. The number of aliphatic carboxylic acids is 1. The van der Waals surface area contributed by atoms with Gasteiger partial charge in [-0.1, -0.05) is 5.21 Å². The Labute approximate surface area is 219 Å². The number of amides is 2. The first-order valence-electron chi connectivity index (χ1n) is 12.3. The van der Waals surface area contributed by atoms with Gasteiger partial charge in [0.15, 0.2) is 0 Å². The first kappa shape index (κ1) is 26.9. The van der Waals surface area contributed by atoms with Crippen LogP contribution in [0.15, 0.2) is 16.8 Å². The van der Waals surface area contributed by atoms with Crippen molar-refractivity contribution in [3.05, 3.63) is 22.5 Å². The largest absolute Gasteiger partial charge is 0.477 e. The van der Waals surface area contributed by atoms with E-state index in [-0.39, 0.29) is 30.6 Å². The van der Waals surface area contributed by atoms with Gasteiger partial charge in [0.05, 0.1) is 36.8 Å². The van der Waals surface area contributed by atoms with Crippen LogP contribution >= 0.6 is 11.8 Å². The van der Waals surface area contributed by atoms with E-state index in [2.05, 4.69) is 15.6 Å². The number of aromatic nitrogens is 3. The van der Waals surface area contributed by atoms with Crippen LogP contribution in [-0.4, -0.2) is 102 Å². The highest BCUT2D eigenvalue weighted by Crippen LogP contribution is 2.58. The fourth-order valence-corrected chi connectivity index (χ4v) is 7.40. The lowest BCUT2D eigenvalue weighted by atomic mass is 9.77. The quantitative estimate of drug-likeness (QED) is 0.325. The van der Waals surface area contributed by atoms with E-state index in [4.69, 9.17) is 5.73 Å². The van der Waals surface area contributed by atoms with Gasteiger partial charge in [-0.3, -0.25) is 9.59 Å². The lowest BCUT2D eigenvalue weighted by Gasteiger charge is -2.48. The number of β-lactam (4-membered cyclic amide) rings is 1. The maximum absolute atomic E-state index is 14.5. The van der Waals surface area contributed by atoms with Crippen molar-refractivity contribution in [2.75, 3.05) is 19.6 Å². The van der Waals surface area contributed by atoms with Crippen molar-refractivity contribution in [3.63, 3.8) is 0 Å². The topological polar surface area (TPSA) is 167 Å². The first-order valence-corrected chi connectivity index (χ1v) is 13.1. The molecule has 0 bridgehead atoms. The van der Waals surface area contributed by atoms with Crippen molar-refractivity contribution in [3.8, 4) is 0 Å². The van der Waals surface area contributed by atoms with Gasteiger partial charge in [0, 0.05) is 35.8 Å². The SMILES string of the molecule is C[C@H]([C@H]1C(=O)N2C(C(=O)O)=C(SC3CN[C@H](C(=O)N4CC[C@@H](N)C4)C3)[C@H](C(F)(F)F)[C@H]12)n1cc(CO)nn1. The molecule has 0 saturated carbocycles. The highest BCUT2D eigenvalue weighted by Gasteiger charge is 2.68. The van der Waals surface area contributed by atoms with Gasteiger partial charge in [-0.15, -0.1) is 16.9 Å². The number of carbonyl (C=O) groups excluding carboxylic acids is 2. The number of rotatable bonds is 7. The molecule has 2 amide bonds.